The Hall–Kier alpha value is -1.63. The van der Waals surface area contributed by atoms with Crippen LogP contribution in [-0.2, 0) is 11.3 Å². The minimum absolute atomic E-state index is 0.00856. The van der Waals surface area contributed by atoms with Gasteiger partial charge in [0.05, 0.1) is 17.8 Å². The minimum atomic E-state index is -0.629. The first-order valence-electron chi connectivity index (χ1n) is 8.10. The minimum Gasteiger partial charge on any atom is -0.358 e. The summed E-state index contributed by atoms with van der Waals surface area (Å²) in [7, 11) is 0. The fraction of sp³-hybridized carbons (Fsp3) is 0.733. The second-order valence-corrected chi connectivity index (χ2v) is 7.17. The average Bonchev–Trinajstić information content (AvgIpc) is 3.19. The number of amides is 1. The molecule has 0 aromatic carbocycles. The molecule has 0 saturated heterocycles. The van der Waals surface area contributed by atoms with E-state index in [1.807, 2.05) is 0 Å². The molecule has 0 aliphatic heterocycles. The second kappa shape index (κ2) is 6.47. The SMILES string of the molecule is C[C@H](NC(=O)CCn1cc(Cl)c([N+](=O)[O-])n1)[C@@H]1C[C@@H]2CC[C@@H]1C2. The zero-order valence-electron chi connectivity index (χ0n) is 13.1. The summed E-state index contributed by atoms with van der Waals surface area (Å²) in [5.74, 6) is 1.80. The zero-order chi connectivity index (χ0) is 16.6. The van der Waals surface area contributed by atoms with Gasteiger partial charge in [0.2, 0.25) is 5.91 Å². The number of carbonyl (C=O) groups excluding carboxylic acids is 1. The number of aromatic nitrogens is 2. The van der Waals surface area contributed by atoms with E-state index in [4.69, 9.17) is 11.6 Å². The molecule has 1 aromatic heterocycles. The predicted octanol–water partition coefficient (Wildman–Crippen LogP) is 2.78. The maximum Gasteiger partial charge on any atom is 0.408 e. The lowest BCUT2D eigenvalue weighted by atomic mass is 9.84. The summed E-state index contributed by atoms with van der Waals surface area (Å²) >= 11 is 5.74. The average molecular weight is 341 g/mol. The van der Waals surface area contributed by atoms with Crippen LogP contribution in [0.4, 0.5) is 5.82 Å². The number of hydrogen-bond donors (Lipinski definition) is 1. The molecule has 2 bridgehead atoms. The van der Waals surface area contributed by atoms with E-state index in [-0.39, 0.29) is 35.8 Å². The fourth-order valence-electron chi connectivity index (χ4n) is 4.18. The summed E-state index contributed by atoms with van der Waals surface area (Å²) in [6, 6.07) is 0.188. The molecule has 7 nitrogen and oxygen atoms in total. The second-order valence-electron chi connectivity index (χ2n) is 6.77. The van der Waals surface area contributed by atoms with Crippen LogP contribution in [0.3, 0.4) is 0 Å². The van der Waals surface area contributed by atoms with Crippen molar-refractivity contribution in [2.45, 2.75) is 51.6 Å². The van der Waals surface area contributed by atoms with Crippen LogP contribution < -0.4 is 5.32 Å². The molecular formula is C15H21ClN4O3. The summed E-state index contributed by atoms with van der Waals surface area (Å²) in [6.45, 7) is 2.36. The van der Waals surface area contributed by atoms with Crippen molar-refractivity contribution in [1.82, 2.24) is 15.1 Å². The number of carbonyl (C=O) groups is 1. The number of rotatable bonds is 6. The van der Waals surface area contributed by atoms with E-state index in [0.717, 1.165) is 11.8 Å². The Morgan fingerprint density at radius 1 is 1.57 bits per heavy atom. The Kier molecular flexibility index (Phi) is 4.57. The molecule has 2 aliphatic rings. The molecule has 1 aromatic rings. The highest BCUT2D eigenvalue weighted by atomic mass is 35.5. The molecule has 2 fully saturated rings. The van der Waals surface area contributed by atoms with Crippen LogP contribution in [0.2, 0.25) is 5.02 Å². The Bertz CT molecular complexity index is 618. The maximum atomic E-state index is 12.1. The molecule has 1 amide bonds. The van der Waals surface area contributed by atoms with Gasteiger partial charge in [-0.1, -0.05) is 18.0 Å². The zero-order valence-corrected chi connectivity index (χ0v) is 13.8. The van der Waals surface area contributed by atoms with Crippen molar-refractivity contribution >= 4 is 23.3 Å². The third kappa shape index (κ3) is 3.49. The predicted molar refractivity (Wildman–Crippen MR) is 85.1 cm³/mol. The molecule has 3 rings (SSSR count). The summed E-state index contributed by atoms with van der Waals surface area (Å²) in [6.07, 6.45) is 6.81. The van der Waals surface area contributed by atoms with E-state index in [9.17, 15) is 14.9 Å². The van der Waals surface area contributed by atoms with Crippen molar-refractivity contribution in [3.8, 4) is 0 Å². The maximum absolute atomic E-state index is 12.1. The molecule has 126 valence electrons. The number of fused-ring (bicyclic) bond motifs is 2. The number of nitrogens with zero attached hydrogens (tertiary/aromatic N) is 3. The Morgan fingerprint density at radius 3 is 2.91 bits per heavy atom. The first-order valence-corrected chi connectivity index (χ1v) is 8.48. The van der Waals surface area contributed by atoms with Gasteiger partial charge < -0.3 is 15.4 Å². The van der Waals surface area contributed by atoms with Crippen molar-refractivity contribution in [1.29, 1.82) is 0 Å². The first-order chi connectivity index (χ1) is 10.9. The summed E-state index contributed by atoms with van der Waals surface area (Å²) in [4.78, 5) is 22.2. The largest absolute Gasteiger partial charge is 0.408 e. The van der Waals surface area contributed by atoms with Crippen molar-refractivity contribution in [3.05, 3.63) is 21.3 Å². The highest BCUT2D eigenvalue weighted by molar-refractivity contribution is 6.32. The standard InChI is InChI=1S/C15H21ClN4O3/c1-9(12-7-10-2-3-11(12)6-10)17-14(21)4-5-19-8-13(16)15(18-19)20(22)23/h8-12H,2-7H2,1H3,(H,17,21)/t9-,10+,11+,12-/m0/s1. The van der Waals surface area contributed by atoms with Gasteiger partial charge in [-0.05, 0) is 48.9 Å². The van der Waals surface area contributed by atoms with Crippen molar-refractivity contribution in [3.63, 3.8) is 0 Å². The van der Waals surface area contributed by atoms with Crippen LogP contribution in [0, 0.1) is 27.9 Å². The Morgan fingerprint density at radius 2 is 2.35 bits per heavy atom. The Labute approximate surface area is 139 Å². The lowest BCUT2D eigenvalue weighted by molar-refractivity contribution is -0.389. The topological polar surface area (TPSA) is 90.1 Å². The molecule has 23 heavy (non-hydrogen) atoms. The molecular weight excluding hydrogens is 320 g/mol. The molecule has 8 heteroatoms. The summed E-state index contributed by atoms with van der Waals surface area (Å²) < 4.78 is 1.35. The van der Waals surface area contributed by atoms with Gasteiger partial charge in [-0.3, -0.25) is 4.79 Å². The third-order valence-electron chi connectivity index (χ3n) is 5.26. The van der Waals surface area contributed by atoms with Crippen LogP contribution in [0.25, 0.3) is 0 Å². The monoisotopic (exact) mass is 340 g/mol. The van der Waals surface area contributed by atoms with Crippen LogP contribution in [0.5, 0.6) is 0 Å². The number of nitro groups is 1. The van der Waals surface area contributed by atoms with E-state index >= 15 is 0 Å². The van der Waals surface area contributed by atoms with Crippen molar-refractivity contribution < 1.29 is 9.72 Å². The number of hydrogen-bond acceptors (Lipinski definition) is 4. The van der Waals surface area contributed by atoms with E-state index in [1.54, 1.807) is 0 Å². The van der Waals surface area contributed by atoms with Gasteiger partial charge in [-0.25, -0.2) is 0 Å². The highest BCUT2D eigenvalue weighted by Crippen LogP contribution is 2.49. The van der Waals surface area contributed by atoms with Crippen molar-refractivity contribution in [2.24, 2.45) is 17.8 Å². The molecule has 4 atom stereocenters. The quantitative estimate of drug-likeness (QED) is 0.636. The number of nitrogens with one attached hydrogen (secondary N) is 1. The van der Waals surface area contributed by atoms with Crippen LogP contribution >= 0.6 is 11.6 Å². The van der Waals surface area contributed by atoms with Crippen LogP contribution in [0.1, 0.15) is 39.0 Å². The molecule has 0 spiro atoms. The first kappa shape index (κ1) is 16.2. The molecule has 1 N–H and O–H groups in total. The van der Waals surface area contributed by atoms with Crippen molar-refractivity contribution in [2.75, 3.05) is 0 Å². The Balaban J connectivity index is 1.48. The fourth-order valence-corrected chi connectivity index (χ4v) is 4.40. The normalized spacial score (nSPS) is 27.1. The van der Waals surface area contributed by atoms with Gasteiger partial charge in [0.1, 0.15) is 0 Å². The van der Waals surface area contributed by atoms with Gasteiger partial charge in [0.25, 0.3) is 0 Å². The van der Waals surface area contributed by atoms with Gasteiger partial charge in [0, 0.05) is 12.5 Å². The van der Waals surface area contributed by atoms with Gasteiger partial charge >= 0.3 is 5.82 Å². The molecule has 1 heterocycles. The van der Waals surface area contributed by atoms with Gasteiger partial charge in [-0.2, -0.15) is 4.68 Å². The third-order valence-corrected chi connectivity index (χ3v) is 5.53. The van der Waals surface area contributed by atoms with E-state index in [1.165, 1.54) is 36.6 Å². The number of aryl methyl sites for hydroxylation is 1. The van der Waals surface area contributed by atoms with Crippen LogP contribution in [0.15, 0.2) is 6.20 Å². The van der Waals surface area contributed by atoms with E-state index in [0.29, 0.717) is 5.92 Å². The summed E-state index contributed by atoms with van der Waals surface area (Å²) in [5, 5.41) is 17.5. The molecule has 2 saturated carbocycles. The lowest BCUT2D eigenvalue weighted by Crippen LogP contribution is -2.40. The van der Waals surface area contributed by atoms with Gasteiger partial charge in [0.15, 0.2) is 5.02 Å². The molecule has 0 radical (unpaired) electrons. The smallest absolute Gasteiger partial charge is 0.358 e. The van der Waals surface area contributed by atoms with E-state index in [2.05, 4.69) is 17.3 Å². The summed E-state index contributed by atoms with van der Waals surface area (Å²) in [5.41, 5.74) is 0. The lowest BCUT2D eigenvalue weighted by Gasteiger charge is -2.28. The molecule has 2 aliphatic carbocycles. The van der Waals surface area contributed by atoms with Crippen LogP contribution in [-0.4, -0.2) is 26.7 Å². The highest BCUT2D eigenvalue weighted by Gasteiger charge is 2.42. The molecule has 0 unspecified atom stereocenters. The number of halogens is 1. The van der Waals surface area contributed by atoms with Gasteiger partial charge in [-0.15, -0.1) is 0 Å². The van der Waals surface area contributed by atoms with E-state index < -0.39 is 4.92 Å².